The molecule has 0 aromatic carbocycles. The van der Waals surface area contributed by atoms with E-state index >= 15 is 0 Å². The molecule has 0 bridgehead atoms. The normalized spacial score (nSPS) is 24.1. The number of pyridine rings is 1. The lowest BCUT2D eigenvalue weighted by molar-refractivity contribution is -0.384. The van der Waals surface area contributed by atoms with Crippen LogP contribution < -0.4 is 4.90 Å². The van der Waals surface area contributed by atoms with E-state index in [1.165, 1.54) is 12.1 Å². The molecule has 0 radical (unpaired) electrons. The number of nitro groups is 1. The van der Waals surface area contributed by atoms with Gasteiger partial charge in [0.2, 0.25) is 0 Å². The van der Waals surface area contributed by atoms with Crippen LogP contribution in [0.25, 0.3) is 0 Å². The molecule has 2 rings (SSSR count). The fraction of sp³-hybridized carbons (Fsp3) is 0.545. The summed E-state index contributed by atoms with van der Waals surface area (Å²) in [7, 11) is 0. The highest BCUT2D eigenvalue weighted by Gasteiger charge is 2.29. The van der Waals surface area contributed by atoms with Gasteiger partial charge in [0, 0.05) is 13.1 Å². The van der Waals surface area contributed by atoms with E-state index in [2.05, 4.69) is 4.98 Å². The maximum atomic E-state index is 10.8. The molecule has 0 spiro atoms. The van der Waals surface area contributed by atoms with Crippen molar-refractivity contribution < 1.29 is 10.0 Å². The predicted octanol–water partition coefficient (Wildman–Crippen LogP) is 1.99. The first-order valence-electron chi connectivity index (χ1n) is 5.67. The maximum Gasteiger partial charge on any atom is 0.276 e. The smallest absolute Gasteiger partial charge is 0.276 e. The number of halogens is 1. The van der Waals surface area contributed by atoms with Gasteiger partial charge < -0.3 is 10.0 Å². The summed E-state index contributed by atoms with van der Waals surface area (Å²) < 4.78 is 0. The van der Waals surface area contributed by atoms with Crippen molar-refractivity contribution in [3.8, 4) is 0 Å². The third-order valence-corrected chi connectivity index (χ3v) is 3.17. The zero-order valence-electron chi connectivity index (χ0n) is 9.97. The second-order valence-corrected chi connectivity index (χ2v) is 5.17. The van der Waals surface area contributed by atoms with Gasteiger partial charge in [-0.3, -0.25) is 10.1 Å². The van der Waals surface area contributed by atoms with Crippen LogP contribution in [0, 0.1) is 10.1 Å². The molecule has 1 saturated heterocycles. The van der Waals surface area contributed by atoms with Gasteiger partial charge in [0.05, 0.1) is 22.7 Å². The fourth-order valence-electron chi connectivity index (χ4n) is 2.15. The largest absolute Gasteiger partial charge is 0.388 e. The van der Waals surface area contributed by atoms with Crippen LogP contribution in [-0.2, 0) is 0 Å². The Bertz CT molecular complexity index is 479. The van der Waals surface area contributed by atoms with Gasteiger partial charge in [-0.1, -0.05) is 11.6 Å². The van der Waals surface area contributed by atoms with Crippen molar-refractivity contribution in [1.29, 1.82) is 0 Å². The number of rotatable bonds is 2. The number of hydrogen-bond donors (Lipinski definition) is 1. The van der Waals surface area contributed by atoms with Crippen molar-refractivity contribution in [1.82, 2.24) is 4.98 Å². The molecule has 0 amide bonds. The first kappa shape index (κ1) is 13.0. The van der Waals surface area contributed by atoms with Crippen LogP contribution in [0.3, 0.4) is 0 Å². The van der Waals surface area contributed by atoms with Crippen LogP contribution in [0.1, 0.15) is 19.8 Å². The van der Waals surface area contributed by atoms with E-state index in [4.69, 9.17) is 11.6 Å². The van der Waals surface area contributed by atoms with Crippen molar-refractivity contribution in [2.24, 2.45) is 0 Å². The van der Waals surface area contributed by atoms with Gasteiger partial charge in [-0.2, -0.15) is 0 Å². The molecule has 0 saturated carbocycles. The molecule has 1 aliphatic heterocycles. The monoisotopic (exact) mass is 271 g/mol. The lowest BCUT2D eigenvalue weighted by Crippen LogP contribution is -2.46. The van der Waals surface area contributed by atoms with Gasteiger partial charge >= 0.3 is 0 Å². The fourth-order valence-corrected chi connectivity index (χ4v) is 2.35. The van der Waals surface area contributed by atoms with E-state index in [-0.39, 0.29) is 10.8 Å². The first-order chi connectivity index (χ1) is 8.37. The molecule has 6 nitrogen and oxygen atoms in total. The quantitative estimate of drug-likeness (QED) is 0.505. The van der Waals surface area contributed by atoms with Gasteiger partial charge in [0.1, 0.15) is 11.0 Å². The molecule has 1 aromatic rings. The number of nitrogens with zero attached hydrogens (tertiary/aromatic N) is 3. The van der Waals surface area contributed by atoms with E-state index in [0.717, 1.165) is 6.42 Å². The maximum absolute atomic E-state index is 10.8. The molecule has 7 heteroatoms. The number of aromatic nitrogens is 1. The van der Waals surface area contributed by atoms with E-state index in [1.807, 2.05) is 4.90 Å². The number of piperidine rings is 1. The molecule has 1 unspecified atom stereocenters. The van der Waals surface area contributed by atoms with Crippen LogP contribution in [0.4, 0.5) is 11.5 Å². The summed E-state index contributed by atoms with van der Waals surface area (Å²) in [4.78, 5) is 16.2. The third kappa shape index (κ3) is 2.88. The van der Waals surface area contributed by atoms with E-state index in [1.54, 1.807) is 6.92 Å². The lowest BCUT2D eigenvalue weighted by Gasteiger charge is -2.37. The molecule has 18 heavy (non-hydrogen) atoms. The molecule has 1 N–H and O–H groups in total. The Morgan fingerprint density at radius 1 is 1.61 bits per heavy atom. The molecule has 1 atom stereocenters. The summed E-state index contributed by atoms with van der Waals surface area (Å²) in [6.45, 7) is 2.86. The molecule has 2 heterocycles. The Labute approximate surface area is 109 Å². The summed E-state index contributed by atoms with van der Waals surface area (Å²) in [6, 6.07) is 2.60. The highest BCUT2D eigenvalue weighted by Crippen LogP contribution is 2.28. The van der Waals surface area contributed by atoms with Crippen molar-refractivity contribution >= 4 is 23.1 Å². The molecule has 1 fully saturated rings. The summed E-state index contributed by atoms with van der Waals surface area (Å²) in [6.07, 6.45) is 1.53. The zero-order valence-corrected chi connectivity index (χ0v) is 10.7. The Hall–Kier alpha value is -1.40. The average Bonchev–Trinajstić information content (AvgIpc) is 2.26. The number of β-amino-alcohol motifs (C(OH)–C–C–N with tert-alkyl or cyclic N) is 1. The van der Waals surface area contributed by atoms with Crippen molar-refractivity contribution in [2.75, 3.05) is 18.0 Å². The van der Waals surface area contributed by atoms with Gasteiger partial charge in [-0.15, -0.1) is 0 Å². The Kier molecular flexibility index (Phi) is 3.41. The van der Waals surface area contributed by atoms with Gasteiger partial charge in [0.25, 0.3) is 5.69 Å². The Morgan fingerprint density at radius 3 is 2.94 bits per heavy atom. The SMILES string of the molecule is CC1(O)CCCN(c2cc([N+](=O)[O-])cc(Cl)n2)C1. The van der Waals surface area contributed by atoms with Crippen LogP contribution in [-0.4, -0.2) is 33.7 Å². The average molecular weight is 272 g/mol. The molecule has 0 aliphatic carbocycles. The third-order valence-electron chi connectivity index (χ3n) is 2.98. The summed E-state index contributed by atoms with van der Waals surface area (Å²) >= 11 is 5.78. The van der Waals surface area contributed by atoms with Crippen molar-refractivity contribution in [3.63, 3.8) is 0 Å². The van der Waals surface area contributed by atoms with E-state index < -0.39 is 10.5 Å². The lowest BCUT2D eigenvalue weighted by atomic mass is 9.95. The molecule has 98 valence electrons. The molecular weight excluding hydrogens is 258 g/mol. The predicted molar refractivity (Wildman–Crippen MR) is 68.0 cm³/mol. The second-order valence-electron chi connectivity index (χ2n) is 4.79. The second kappa shape index (κ2) is 4.70. The topological polar surface area (TPSA) is 79.5 Å². The van der Waals surface area contributed by atoms with Crippen LogP contribution in [0.5, 0.6) is 0 Å². The number of hydrogen-bond acceptors (Lipinski definition) is 5. The highest BCUT2D eigenvalue weighted by atomic mass is 35.5. The number of anilines is 1. The van der Waals surface area contributed by atoms with Gasteiger partial charge in [-0.05, 0) is 19.8 Å². The zero-order chi connectivity index (χ0) is 13.3. The Balaban J connectivity index is 2.30. The van der Waals surface area contributed by atoms with Gasteiger partial charge in [-0.25, -0.2) is 4.98 Å². The summed E-state index contributed by atoms with van der Waals surface area (Å²) in [5.41, 5.74) is -0.882. The minimum absolute atomic E-state index is 0.0874. The highest BCUT2D eigenvalue weighted by molar-refractivity contribution is 6.29. The van der Waals surface area contributed by atoms with Crippen LogP contribution >= 0.6 is 11.6 Å². The first-order valence-corrected chi connectivity index (χ1v) is 6.04. The van der Waals surface area contributed by atoms with E-state index in [0.29, 0.717) is 25.3 Å². The number of aliphatic hydroxyl groups is 1. The van der Waals surface area contributed by atoms with Gasteiger partial charge in [0.15, 0.2) is 0 Å². The van der Waals surface area contributed by atoms with Crippen molar-refractivity contribution in [2.45, 2.75) is 25.4 Å². The van der Waals surface area contributed by atoms with Crippen molar-refractivity contribution in [3.05, 3.63) is 27.4 Å². The standard InChI is InChI=1S/C11H14ClN3O3/c1-11(16)3-2-4-14(7-11)10-6-8(15(17)18)5-9(12)13-10/h5-6,16H,2-4,7H2,1H3. The van der Waals surface area contributed by atoms with Crippen LogP contribution in [0.2, 0.25) is 5.15 Å². The summed E-state index contributed by atoms with van der Waals surface area (Å²) in [5.74, 6) is 0.439. The Morgan fingerprint density at radius 2 is 2.33 bits per heavy atom. The molecule has 1 aromatic heterocycles. The molecular formula is C11H14ClN3O3. The minimum Gasteiger partial charge on any atom is -0.388 e. The van der Waals surface area contributed by atoms with E-state index in [9.17, 15) is 15.2 Å². The minimum atomic E-state index is -0.795. The summed E-state index contributed by atoms with van der Waals surface area (Å²) in [5, 5.41) is 20.9. The molecule has 1 aliphatic rings. The van der Waals surface area contributed by atoms with Crippen LogP contribution in [0.15, 0.2) is 12.1 Å².